The van der Waals surface area contributed by atoms with Crippen LogP contribution in [-0.2, 0) is 6.42 Å². The van der Waals surface area contributed by atoms with Gasteiger partial charge in [0.05, 0.1) is 5.56 Å². The van der Waals surface area contributed by atoms with E-state index >= 15 is 0 Å². The van der Waals surface area contributed by atoms with E-state index in [9.17, 15) is 10.2 Å². The standard InChI is InChI=1S/C15H13N3O3/c1-2-9-5-4-8-16-12(9)14-17-15(21-18-14)10-6-3-7-11(19)13(10)20/h3-8,19-20H,2H2,1H3. The zero-order valence-corrected chi connectivity index (χ0v) is 11.3. The molecule has 0 spiro atoms. The Morgan fingerprint density at radius 2 is 2.00 bits per heavy atom. The molecule has 0 amide bonds. The predicted molar refractivity (Wildman–Crippen MR) is 75.7 cm³/mol. The first-order valence-electron chi connectivity index (χ1n) is 6.50. The highest BCUT2D eigenvalue weighted by atomic mass is 16.5. The summed E-state index contributed by atoms with van der Waals surface area (Å²) >= 11 is 0. The predicted octanol–water partition coefficient (Wildman–Crippen LogP) is 2.77. The lowest BCUT2D eigenvalue weighted by atomic mass is 10.1. The van der Waals surface area contributed by atoms with Crippen molar-refractivity contribution in [1.82, 2.24) is 15.1 Å². The van der Waals surface area contributed by atoms with Gasteiger partial charge < -0.3 is 14.7 Å². The van der Waals surface area contributed by atoms with Crippen LogP contribution < -0.4 is 0 Å². The Labute approximate surface area is 120 Å². The molecule has 2 aromatic heterocycles. The minimum Gasteiger partial charge on any atom is -0.504 e. The van der Waals surface area contributed by atoms with Crippen molar-refractivity contribution < 1.29 is 14.7 Å². The third-order valence-electron chi connectivity index (χ3n) is 3.16. The van der Waals surface area contributed by atoms with Crippen LogP contribution in [0.1, 0.15) is 12.5 Å². The summed E-state index contributed by atoms with van der Waals surface area (Å²) in [6, 6.07) is 8.36. The molecule has 2 N–H and O–H groups in total. The zero-order chi connectivity index (χ0) is 14.8. The Bertz CT molecular complexity index is 783. The second-order valence-corrected chi connectivity index (χ2v) is 4.46. The molecule has 21 heavy (non-hydrogen) atoms. The van der Waals surface area contributed by atoms with Crippen LogP contribution in [0, 0.1) is 0 Å². The summed E-state index contributed by atoms with van der Waals surface area (Å²) in [6.07, 6.45) is 2.46. The van der Waals surface area contributed by atoms with Crippen LogP contribution in [0.25, 0.3) is 23.0 Å². The van der Waals surface area contributed by atoms with Crippen molar-refractivity contribution in [3.63, 3.8) is 0 Å². The number of phenolic OH excluding ortho intramolecular Hbond substituents is 2. The van der Waals surface area contributed by atoms with Crippen LogP contribution in [0.4, 0.5) is 0 Å². The zero-order valence-electron chi connectivity index (χ0n) is 11.3. The van der Waals surface area contributed by atoms with Gasteiger partial charge in [-0.15, -0.1) is 0 Å². The highest BCUT2D eigenvalue weighted by Gasteiger charge is 2.17. The SMILES string of the molecule is CCc1cccnc1-c1noc(-c2cccc(O)c2O)n1. The monoisotopic (exact) mass is 283 g/mol. The first-order valence-corrected chi connectivity index (χ1v) is 6.50. The van der Waals surface area contributed by atoms with Gasteiger partial charge in [-0.1, -0.05) is 24.2 Å². The Balaban J connectivity index is 2.06. The summed E-state index contributed by atoms with van der Waals surface area (Å²) in [7, 11) is 0. The molecule has 0 aliphatic heterocycles. The van der Waals surface area contributed by atoms with E-state index < -0.39 is 0 Å². The number of benzene rings is 1. The number of para-hydroxylation sites is 1. The second kappa shape index (κ2) is 5.24. The lowest BCUT2D eigenvalue weighted by Crippen LogP contribution is -1.92. The lowest BCUT2D eigenvalue weighted by Gasteiger charge is -2.01. The number of rotatable bonds is 3. The van der Waals surface area contributed by atoms with Crippen molar-refractivity contribution in [2.45, 2.75) is 13.3 Å². The van der Waals surface area contributed by atoms with Crippen LogP contribution in [0.3, 0.4) is 0 Å². The first-order chi connectivity index (χ1) is 10.2. The highest BCUT2D eigenvalue weighted by Crippen LogP contribution is 2.35. The molecule has 2 heterocycles. The maximum Gasteiger partial charge on any atom is 0.262 e. The first kappa shape index (κ1) is 13.1. The molecule has 0 atom stereocenters. The number of aromatic nitrogens is 3. The molecule has 106 valence electrons. The van der Waals surface area contributed by atoms with E-state index in [0.29, 0.717) is 11.5 Å². The van der Waals surface area contributed by atoms with E-state index in [0.717, 1.165) is 12.0 Å². The van der Waals surface area contributed by atoms with E-state index in [4.69, 9.17) is 4.52 Å². The highest BCUT2D eigenvalue weighted by molar-refractivity contribution is 5.68. The van der Waals surface area contributed by atoms with Crippen LogP contribution in [-0.4, -0.2) is 25.3 Å². The Morgan fingerprint density at radius 3 is 2.81 bits per heavy atom. The third-order valence-corrected chi connectivity index (χ3v) is 3.16. The smallest absolute Gasteiger partial charge is 0.262 e. The summed E-state index contributed by atoms with van der Waals surface area (Å²) in [6.45, 7) is 2.02. The largest absolute Gasteiger partial charge is 0.504 e. The number of hydrogen-bond acceptors (Lipinski definition) is 6. The minimum absolute atomic E-state index is 0.131. The topological polar surface area (TPSA) is 92.3 Å². The Hall–Kier alpha value is -2.89. The molecule has 0 aliphatic rings. The Morgan fingerprint density at radius 1 is 1.14 bits per heavy atom. The van der Waals surface area contributed by atoms with Crippen molar-refractivity contribution >= 4 is 0 Å². The molecule has 3 rings (SSSR count). The fraction of sp³-hybridized carbons (Fsp3) is 0.133. The van der Waals surface area contributed by atoms with Crippen LogP contribution in [0.5, 0.6) is 11.5 Å². The molecule has 0 saturated carbocycles. The van der Waals surface area contributed by atoms with Crippen LogP contribution >= 0.6 is 0 Å². The van der Waals surface area contributed by atoms with E-state index in [2.05, 4.69) is 15.1 Å². The van der Waals surface area contributed by atoms with Gasteiger partial charge in [0.15, 0.2) is 11.5 Å². The van der Waals surface area contributed by atoms with Crippen molar-refractivity contribution in [2.75, 3.05) is 0 Å². The number of aromatic hydroxyl groups is 2. The maximum atomic E-state index is 9.84. The van der Waals surface area contributed by atoms with E-state index in [1.54, 1.807) is 18.3 Å². The second-order valence-electron chi connectivity index (χ2n) is 4.46. The molecule has 3 aromatic rings. The van der Waals surface area contributed by atoms with Crippen molar-refractivity contribution in [2.24, 2.45) is 0 Å². The van der Waals surface area contributed by atoms with Gasteiger partial charge in [0.2, 0.25) is 5.82 Å². The van der Waals surface area contributed by atoms with Gasteiger partial charge in [-0.05, 0) is 30.2 Å². The molecule has 0 bridgehead atoms. The lowest BCUT2D eigenvalue weighted by molar-refractivity contribution is 0.397. The van der Waals surface area contributed by atoms with Gasteiger partial charge in [0, 0.05) is 6.20 Å². The summed E-state index contributed by atoms with van der Waals surface area (Å²) in [4.78, 5) is 8.52. The van der Waals surface area contributed by atoms with Gasteiger partial charge in [-0.25, -0.2) is 0 Å². The summed E-state index contributed by atoms with van der Waals surface area (Å²) in [5, 5.41) is 23.3. The molecule has 6 nitrogen and oxygen atoms in total. The average molecular weight is 283 g/mol. The normalized spacial score (nSPS) is 10.7. The van der Waals surface area contributed by atoms with Crippen LogP contribution in [0.2, 0.25) is 0 Å². The molecule has 0 unspecified atom stereocenters. The number of aryl methyl sites for hydroxylation is 1. The molecule has 0 saturated heterocycles. The fourth-order valence-electron chi connectivity index (χ4n) is 2.06. The summed E-state index contributed by atoms with van der Waals surface area (Å²) in [5.41, 5.74) is 1.93. The summed E-state index contributed by atoms with van der Waals surface area (Å²) < 4.78 is 5.17. The number of pyridine rings is 1. The van der Waals surface area contributed by atoms with E-state index in [1.165, 1.54) is 6.07 Å². The van der Waals surface area contributed by atoms with E-state index in [-0.39, 0.29) is 23.0 Å². The minimum atomic E-state index is -0.288. The maximum absolute atomic E-state index is 9.84. The summed E-state index contributed by atoms with van der Waals surface area (Å²) in [5.74, 6) is -0.0416. The molecule has 1 aromatic carbocycles. The van der Waals surface area contributed by atoms with E-state index in [1.807, 2.05) is 19.1 Å². The molecule has 0 radical (unpaired) electrons. The number of nitrogens with zero attached hydrogens (tertiary/aromatic N) is 3. The van der Waals surface area contributed by atoms with Crippen molar-refractivity contribution in [3.05, 3.63) is 42.1 Å². The molecule has 0 fully saturated rings. The van der Waals surface area contributed by atoms with Gasteiger partial charge >= 0.3 is 0 Å². The molecular formula is C15H13N3O3. The van der Waals surface area contributed by atoms with Gasteiger partial charge in [-0.2, -0.15) is 4.98 Å². The average Bonchev–Trinajstić information content (AvgIpc) is 2.99. The number of hydrogen-bond donors (Lipinski definition) is 2. The van der Waals surface area contributed by atoms with Gasteiger partial charge in [-0.3, -0.25) is 4.98 Å². The fourth-order valence-corrected chi connectivity index (χ4v) is 2.06. The van der Waals surface area contributed by atoms with Crippen molar-refractivity contribution in [1.29, 1.82) is 0 Å². The molecule has 6 heteroatoms. The van der Waals surface area contributed by atoms with Gasteiger partial charge in [0.25, 0.3) is 5.89 Å². The quantitative estimate of drug-likeness (QED) is 0.718. The van der Waals surface area contributed by atoms with Crippen LogP contribution in [0.15, 0.2) is 41.1 Å². The molecule has 0 aliphatic carbocycles. The van der Waals surface area contributed by atoms with Crippen molar-refractivity contribution in [3.8, 4) is 34.5 Å². The molecular weight excluding hydrogens is 270 g/mol. The van der Waals surface area contributed by atoms with Gasteiger partial charge in [0.1, 0.15) is 5.69 Å². The number of phenols is 2. The third kappa shape index (κ3) is 2.31. The Kier molecular flexibility index (Phi) is 3.27.